The molecule has 0 fully saturated rings. The van der Waals surface area contributed by atoms with Gasteiger partial charge < -0.3 is 5.32 Å². The average molecular weight is 189 g/mol. The Labute approximate surface area is 79.9 Å². The molecule has 1 aliphatic rings. The van der Waals surface area contributed by atoms with E-state index in [1.54, 1.807) is 24.7 Å². The van der Waals surface area contributed by atoms with Gasteiger partial charge >= 0.3 is 0 Å². The number of nitrogens with one attached hydrogen (secondary N) is 1. The van der Waals surface area contributed by atoms with Crippen molar-refractivity contribution in [3.05, 3.63) is 46.3 Å². The van der Waals surface area contributed by atoms with Gasteiger partial charge in [0.25, 0.3) is 5.69 Å². The smallest absolute Gasteiger partial charge is 0.271 e. The van der Waals surface area contributed by atoms with Crippen LogP contribution in [-0.4, -0.2) is 11.1 Å². The van der Waals surface area contributed by atoms with E-state index in [1.807, 2.05) is 0 Å². The van der Waals surface area contributed by atoms with Crippen molar-refractivity contribution in [2.75, 3.05) is 5.32 Å². The van der Waals surface area contributed by atoms with Crippen LogP contribution < -0.4 is 5.32 Å². The minimum Gasteiger partial charge on any atom is -0.360 e. The number of aliphatic imine (C=N–C) groups is 1. The van der Waals surface area contributed by atoms with Crippen molar-refractivity contribution in [2.45, 2.75) is 0 Å². The Morgan fingerprint density at radius 3 is 3.07 bits per heavy atom. The molecule has 2 rings (SSSR count). The molecule has 0 radical (unpaired) electrons. The van der Waals surface area contributed by atoms with Crippen LogP contribution in [0.4, 0.5) is 11.4 Å². The number of hydrogen-bond donors (Lipinski definition) is 1. The molecule has 14 heavy (non-hydrogen) atoms. The summed E-state index contributed by atoms with van der Waals surface area (Å²) in [5.74, 6) is 0. The number of non-ortho nitro benzene ring substituents is 1. The highest BCUT2D eigenvalue weighted by Gasteiger charge is 2.09. The van der Waals surface area contributed by atoms with Crippen LogP contribution >= 0.6 is 0 Å². The molecule has 5 nitrogen and oxygen atoms in total. The van der Waals surface area contributed by atoms with Crippen LogP contribution in [0.2, 0.25) is 0 Å². The number of nitro groups is 1. The Morgan fingerprint density at radius 1 is 1.43 bits per heavy atom. The monoisotopic (exact) mass is 189 g/mol. The van der Waals surface area contributed by atoms with Crippen molar-refractivity contribution in [3.63, 3.8) is 0 Å². The minimum absolute atomic E-state index is 0.0694. The molecule has 5 heteroatoms. The molecule has 0 atom stereocenters. The fraction of sp³-hybridized carbons (Fsp3) is 0. The highest BCUT2D eigenvalue weighted by molar-refractivity contribution is 5.89. The lowest BCUT2D eigenvalue weighted by Crippen LogP contribution is -1.94. The molecule has 0 spiro atoms. The molecule has 0 unspecified atom stereocenters. The van der Waals surface area contributed by atoms with E-state index in [2.05, 4.69) is 10.3 Å². The van der Waals surface area contributed by atoms with Crippen LogP contribution in [-0.2, 0) is 0 Å². The van der Waals surface area contributed by atoms with Crippen molar-refractivity contribution in [1.82, 2.24) is 0 Å². The van der Waals surface area contributed by atoms with Gasteiger partial charge in [0.05, 0.1) is 10.6 Å². The van der Waals surface area contributed by atoms with E-state index in [0.717, 1.165) is 5.56 Å². The summed E-state index contributed by atoms with van der Waals surface area (Å²) in [5, 5.41) is 13.4. The van der Waals surface area contributed by atoms with Crippen molar-refractivity contribution < 1.29 is 4.92 Å². The first-order valence-corrected chi connectivity index (χ1v) is 4.00. The second-order valence-corrected chi connectivity index (χ2v) is 2.77. The van der Waals surface area contributed by atoms with Gasteiger partial charge in [0.15, 0.2) is 0 Å². The first kappa shape index (κ1) is 8.43. The molecule has 1 aliphatic heterocycles. The summed E-state index contributed by atoms with van der Waals surface area (Å²) in [5.41, 5.74) is 1.59. The van der Waals surface area contributed by atoms with Gasteiger partial charge in [-0.2, -0.15) is 0 Å². The van der Waals surface area contributed by atoms with Gasteiger partial charge in [-0.05, 0) is 6.07 Å². The zero-order valence-electron chi connectivity index (χ0n) is 7.18. The second kappa shape index (κ2) is 3.29. The molecule has 0 bridgehead atoms. The highest BCUT2D eigenvalue weighted by atomic mass is 16.6. The number of benzene rings is 1. The van der Waals surface area contributed by atoms with Gasteiger partial charge in [-0.15, -0.1) is 0 Å². The summed E-state index contributed by atoms with van der Waals surface area (Å²) in [7, 11) is 0. The van der Waals surface area contributed by atoms with E-state index in [4.69, 9.17) is 0 Å². The van der Waals surface area contributed by atoms with E-state index in [0.29, 0.717) is 5.69 Å². The standard InChI is InChI=1S/C9H7N3O2/c13-12(14)8-2-1-7-6-10-3-4-11-9(7)5-8/h1-6,11H. The minimum atomic E-state index is -0.423. The largest absolute Gasteiger partial charge is 0.360 e. The third-order valence-corrected chi connectivity index (χ3v) is 1.86. The molecule has 0 saturated carbocycles. The quantitative estimate of drug-likeness (QED) is 0.542. The van der Waals surface area contributed by atoms with E-state index in [-0.39, 0.29) is 5.69 Å². The lowest BCUT2D eigenvalue weighted by molar-refractivity contribution is -0.384. The number of fused-ring (bicyclic) bond motifs is 1. The molecular weight excluding hydrogens is 182 g/mol. The van der Waals surface area contributed by atoms with Gasteiger partial charge in [0, 0.05) is 36.3 Å². The normalized spacial score (nSPS) is 12.9. The van der Waals surface area contributed by atoms with Gasteiger partial charge in [-0.3, -0.25) is 15.1 Å². The predicted molar refractivity (Wildman–Crippen MR) is 53.5 cm³/mol. The lowest BCUT2D eigenvalue weighted by atomic mass is 10.2. The maximum absolute atomic E-state index is 10.5. The summed E-state index contributed by atoms with van der Waals surface area (Å²) >= 11 is 0. The molecule has 1 heterocycles. The molecule has 0 saturated heterocycles. The summed E-state index contributed by atoms with van der Waals surface area (Å²) in [6.07, 6.45) is 4.87. The van der Waals surface area contributed by atoms with Crippen molar-refractivity contribution >= 4 is 17.6 Å². The van der Waals surface area contributed by atoms with Gasteiger partial charge in [-0.25, -0.2) is 0 Å². The molecular formula is C9H7N3O2. The Hall–Kier alpha value is -2.17. The zero-order valence-corrected chi connectivity index (χ0v) is 7.18. The predicted octanol–water partition coefficient (Wildman–Crippen LogP) is 1.91. The fourth-order valence-electron chi connectivity index (χ4n) is 1.19. The average Bonchev–Trinajstić information content (AvgIpc) is 2.41. The third-order valence-electron chi connectivity index (χ3n) is 1.86. The van der Waals surface area contributed by atoms with Crippen LogP contribution in [0, 0.1) is 10.1 Å². The van der Waals surface area contributed by atoms with Crippen LogP contribution in [0.5, 0.6) is 0 Å². The Kier molecular flexibility index (Phi) is 1.98. The number of nitro benzene ring substituents is 1. The van der Waals surface area contributed by atoms with Crippen molar-refractivity contribution in [3.8, 4) is 0 Å². The van der Waals surface area contributed by atoms with Crippen LogP contribution in [0.15, 0.2) is 35.6 Å². The molecule has 0 amide bonds. The summed E-state index contributed by atoms with van der Waals surface area (Å²) < 4.78 is 0. The Morgan fingerprint density at radius 2 is 2.29 bits per heavy atom. The SMILES string of the molecule is O=[N+]([O-])c1ccc2c(c1)NC=CN=C2. The highest BCUT2D eigenvalue weighted by Crippen LogP contribution is 2.22. The van der Waals surface area contributed by atoms with E-state index < -0.39 is 4.92 Å². The number of nitrogens with zero attached hydrogens (tertiary/aromatic N) is 2. The first-order valence-electron chi connectivity index (χ1n) is 4.00. The topological polar surface area (TPSA) is 67.5 Å². The number of rotatable bonds is 1. The van der Waals surface area contributed by atoms with Crippen LogP contribution in [0.25, 0.3) is 0 Å². The summed E-state index contributed by atoms with van der Waals surface area (Å²) in [4.78, 5) is 14.0. The molecule has 70 valence electrons. The Bertz CT molecular complexity index is 438. The number of hydrogen-bond acceptors (Lipinski definition) is 4. The van der Waals surface area contributed by atoms with E-state index in [1.165, 1.54) is 12.1 Å². The zero-order chi connectivity index (χ0) is 9.97. The second-order valence-electron chi connectivity index (χ2n) is 2.77. The first-order chi connectivity index (χ1) is 6.77. The lowest BCUT2D eigenvalue weighted by Gasteiger charge is -2.02. The van der Waals surface area contributed by atoms with Crippen molar-refractivity contribution in [1.29, 1.82) is 0 Å². The van der Waals surface area contributed by atoms with Crippen LogP contribution in [0.3, 0.4) is 0 Å². The molecule has 1 aromatic rings. The van der Waals surface area contributed by atoms with Crippen LogP contribution in [0.1, 0.15) is 5.56 Å². The van der Waals surface area contributed by atoms with Gasteiger partial charge in [0.1, 0.15) is 0 Å². The van der Waals surface area contributed by atoms with E-state index >= 15 is 0 Å². The number of anilines is 1. The Balaban J connectivity index is 2.49. The van der Waals surface area contributed by atoms with Gasteiger partial charge in [0.2, 0.25) is 0 Å². The fourth-order valence-corrected chi connectivity index (χ4v) is 1.19. The third kappa shape index (κ3) is 1.47. The van der Waals surface area contributed by atoms with Crippen molar-refractivity contribution in [2.24, 2.45) is 4.99 Å². The van der Waals surface area contributed by atoms with E-state index in [9.17, 15) is 10.1 Å². The molecule has 1 N–H and O–H groups in total. The van der Waals surface area contributed by atoms with Gasteiger partial charge in [-0.1, -0.05) is 0 Å². The maximum Gasteiger partial charge on any atom is 0.271 e. The molecule has 1 aromatic carbocycles. The summed E-state index contributed by atoms with van der Waals surface area (Å²) in [6, 6.07) is 4.60. The molecule has 0 aromatic heterocycles. The molecule has 0 aliphatic carbocycles. The maximum atomic E-state index is 10.5. The summed E-state index contributed by atoms with van der Waals surface area (Å²) in [6.45, 7) is 0.